The SMILES string of the molecule is CCc1cc(C[N+](C)(C)C)c(CC)cc1C[N+](C)(C)C. The van der Waals surface area contributed by atoms with E-state index in [-0.39, 0.29) is 0 Å². The van der Waals surface area contributed by atoms with Crippen LogP contribution in [0.25, 0.3) is 0 Å². The number of nitrogens with zero attached hydrogens (tertiary/aromatic N) is 2. The lowest BCUT2D eigenvalue weighted by Crippen LogP contribution is -2.35. The van der Waals surface area contributed by atoms with Gasteiger partial charge in [-0.25, -0.2) is 0 Å². The summed E-state index contributed by atoms with van der Waals surface area (Å²) in [6.07, 6.45) is 2.26. The van der Waals surface area contributed by atoms with Crippen LogP contribution in [0.4, 0.5) is 0 Å². The lowest BCUT2D eigenvalue weighted by atomic mass is 9.94. The molecule has 2 heteroatoms. The van der Waals surface area contributed by atoms with Gasteiger partial charge in [-0.3, -0.25) is 0 Å². The fourth-order valence-electron chi connectivity index (χ4n) is 2.77. The van der Waals surface area contributed by atoms with Crippen LogP contribution in [-0.2, 0) is 25.9 Å². The van der Waals surface area contributed by atoms with Gasteiger partial charge in [0.25, 0.3) is 0 Å². The van der Waals surface area contributed by atoms with Crippen LogP contribution >= 0.6 is 0 Å². The summed E-state index contributed by atoms with van der Waals surface area (Å²) in [7, 11) is 13.6. The minimum absolute atomic E-state index is 0.991. The summed E-state index contributed by atoms with van der Waals surface area (Å²) in [4.78, 5) is 0. The molecule has 0 aliphatic rings. The predicted molar refractivity (Wildman–Crippen MR) is 88.7 cm³/mol. The highest BCUT2D eigenvalue weighted by atomic mass is 15.3. The van der Waals surface area contributed by atoms with E-state index in [1.54, 1.807) is 0 Å². The summed E-state index contributed by atoms with van der Waals surface area (Å²) < 4.78 is 1.98. The van der Waals surface area contributed by atoms with Crippen molar-refractivity contribution in [3.8, 4) is 0 Å². The topological polar surface area (TPSA) is 0 Å². The molecule has 2 nitrogen and oxygen atoms in total. The highest BCUT2D eigenvalue weighted by Crippen LogP contribution is 2.23. The van der Waals surface area contributed by atoms with Crippen LogP contribution in [0.1, 0.15) is 36.1 Å². The van der Waals surface area contributed by atoms with Crippen molar-refractivity contribution in [2.45, 2.75) is 39.8 Å². The van der Waals surface area contributed by atoms with Gasteiger partial charge in [-0.1, -0.05) is 13.8 Å². The lowest BCUT2D eigenvalue weighted by Gasteiger charge is -2.28. The molecule has 0 unspecified atom stereocenters. The summed E-state index contributed by atoms with van der Waals surface area (Å²) >= 11 is 0. The van der Waals surface area contributed by atoms with Gasteiger partial charge < -0.3 is 8.97 Å². The summed E-state index contributed by atoms with van der Waals surface area (Å²) in [5, 5.41) is 0. The molecule has 0 aliphatic carbocycles. The second-order valence-corrected chi connectivity index (χ2v) is 7.99. The van der Waals surface area contributed by atoms with Crippen molar-refractivity contribution in [3.05, 3.63) is 34.4 Å². The summed E-state index contributed by atoms with van der Waals surface area (Å²) in [6, 6.07) is 4.93. The van der Waals surface area contributed by atoms with Crippen LogP contribution in [0, 0.1) is 0 Å². The fourth-order valence-corrected chi connectivity index (χ4v) is 2.77. The van der Waals surface area contributed by atoms with Gasteiger partial charge >= 0.3 is 0 Å². The molecule has 0 N–H and O–H groups in total. The largest absolute Gasteiger partial charge is 0.327 e. The molecule has 0 heterocycles. The average Bonchev–Trinajstić information content (AvgIpc) is 2.26. The van der Waals surface area contributed by atoms with E-state index in [0.29, 0.717) is 0 Å². The lowest BCUT2D eigenvalue weighted by molar-refractivity contribution is -0.884. The third-order valence-electron chi connectivity index (χ3n) is 3.57. The van der Waals surface area contributed by atoms with E-state index in [9.17, 15) is 0 Å². The molecule has 20 heavy (non-hydrogen) atoms. The van der Waals surface area contributed by atoms with Gasteiger partial charge in [0.2, 0.25) is 0 Å². The van der Waals surface area contributed by atoms with Gasteiger partial charge in [-0.15, -0.1) is 0 Å². The number of benzene rings is 1. The Morgan fingerprint density at radius 1 is 0.600 bits per heavy atom. The van der Waals surface area contributed by atoms with E-state index < -0.39 is 0 Å². The van der Waals surface area contributed by atoms with Crippen LogP contribution in [0.15, 0.2) is 12.1 Å². The molecule has 0 spiro atoms. The zero-order valence-electron chi connectivity index (χ0n) is 14.9. The van der Waals surface area contributed by atoms with Crippen LogP contribution in [0.3, 0.4) is 0 Å². The normalized spacial score (nSPS) is 12.8. The number of rotatable bonds is 6. The van der Waals surface area contributed by atoms with Crippen LogP contribution in [-0.4, -0.2) is 51.3 Å². The average molecular weight is 278 g/mol. The van der Waals surface area contributed by atoms with Crippen molar-refractivity contribution >= 4 is 0 Å². The number of quaternary nitrogens is 2. The van der Waals surface area contributed by atoms with Crippen molar-refractivity contribution in [2.75, 3.05) is 42.3 Å². The Hall–Kier alpha value is -0.860. The van der Waals surface area contributed by atoms with Gasteiger partial charge in [0.15, 0.2) is 0 Å². The van der Waals surface area contributed by atoms with E-state index >= 15 is 0 Å². The predicted octanol–water partition coefficient (Wildman–Crippen LogP) is 3.22. The first-order valence-corrected chi connectivity index (χ1v) is 7.80. The van der Waals surface area contributed by atoms with Crippen LogP contribution < -0.4 is 0 Å². The molecule has 0 fully saturated rings. The van der Waals surface area contributed by atoms with E-state index in [4.69, 9.17) is 0 Å². The van der Waals surface area contributed by atoms with Crippen molar-refractivity contribution in [2.24, 2.45) is 0 Å². The van der Waals surface area contributed by atoms with E-state index in [0.717, 1.165) is 34.9 Å². The third-order valence-corrected chi connectivity index (χ3v) is 3.57. The van der Waals surface area contributed by atoms with Gasteiger partial charge in [0, 0.05) is 11.1 Å². The highest BCUT2D eigenvalue weighted by molar-refractivity contribution is 5.38. The van der Waals surface area contributed by atoms with Gasteiger partial charge in [0.05, 0.1) is 42.3 Å². The minimum Gasteiger partial charge on any atom is -0.327 e. The van der Waals surface area contributed by atoms with E-state index in [1.807, 2.05) is 0 Å². The summed E-state index contributed by atoms with van der Waals surface area (Å²) in [5.41, 5.74) is 6.11. The molecule has 0 bridgehead atoms. The molecule has 0 saturated heterocycles. The van der Waals surface area contributed by atoms with Crippen LogP contribution in [0.5, 0.6) is 0 Å². The van der Waals surface area contributed by atoms with Gasteiger partial charge in [-0.2, -0.15) is 0 Å². The molecule has 1 rings (SSSR count). The Balaban J connectivity index is 3.23. The minimum atomic E-state index is 0.991. The highest BCUT2D eigenvalue weighted by Gasteiger charge is 2.17. The Kier molecular flexibility index (Phi) is 5.39. The first kappa shape index (κ1) is 17.2. The zero-order chi connectivity index (χ0) is 15.6. The molecule has 0 radical (unpaired) electrons. The molecule has 0 atom stereocenters. The monoisotopic (exact) mass is 278 g/mol. The molecule has 0 aromatic heterocycles. The second kappa shape index (κ2) is 6.28. The Morgan fingerprint density at radius 2 is 0.900 bits per heavy atom. The molecular formula is C18H34N2+2. The first-order chi connectivity index (χ1) is 9.05. The smallest absolute Gasteiger partial charge is 0.104 e. The van der Waals surface area contributed by atoms with Gasteiger partial charge in [-0.05, 0) is 36.1 Å². The first-order valence-electron chi connectivity index (χ1n) is 7.80. The summed E-state index contributed by atoms with van der Waals surface area (Å²) in [6.45, 7) is 6.77. The maximum Gasteiger partial charge on any atom is 0.104 e. The molecule has 0 saturated carbocycles. The van der Waals surface area contributed by atoms with Crippen LogP contribution in [0.2, 0.25) is 0 Å². The molecule has 1 aromatic rings. The quantitative estimate of drug-likeness (QED) is 0.701. The number of aryl methyl sites for hydroxylation is 2. The zero-order valence-corrected chi connectivity index (χ0v) is 14.9. The number of hydrogen-bond donors (Lipinski definition) is 0. The van der Waals surface area contributed by atoms with E-state index in [2.05, 4.69) is 68.3 Å². The second-order valence-electron chi connectivity index (χ2n) is 7.99. The van der Waals surface area contributed by atoms with Crippen molar-refractivity contribution in [1.29, 1.82) is 0 Å². The molecular weight excluding hydrogens is 244 g/mol. The Morgan fingerprint density at radius 3 is 1.10 bits per heavy atom. The Bertz CT molecular complexity index is 404. The van der Waals surface area contributed by atoms with Crippen molar-refractivity contribution in [1.82, 2.24) is 0 Å². The van der Waals surface area contributed by atoms with Crippen molar-refractivity contribution < 1.29 is 8.97 Å². The maximum atomic E-state index is 2.47. The number of hydrogen-bond acceptors (Lipinski definition) is 0. The third kappa shape index (κ3) is 5.26. The summed E-state index contributed by atoms with van der Waals surface area (Å²) in [5.74, 6) is 0. The standard InChI is InChI=1S/C18H34N2/c1-9-15-11-18(14-20(6,7)8)16(10-2)12-17(15)13-19(3,4)5/h11-12H,9-10,13-14H2,1-8H3/q+2. The Labute approximate surface area is 126 Å². The van der Waals surface area contributed by atoms with Gasteiger partial charge in [0.1, 0.15) is 13.1 Å². The molecule has 0 amide bonds. The van der Waals surface area contributed by atoms with Crippen molar-refractivity contribution in [3.63, 3.8) is 0 Å². The molecule has 114 valence electrons. The molecule has 1 aromatic carbocycles. The fraction of sp³-hybridized carbons (Fsp3) is 0.667. The maximum absolute atomic E-state index is 2.47. The molecule has 0 aliphatic heterocycles. The van der Waals surface area contributed by atoms with E-state index in [1.165, 1.54) is 22.3 Å².